The Bertz CT molecular complexity index is 1160. The van der Waals surface area contributed by atoms with Crippen LogP contribution in [0.5, 0.6) is 0 Å². The molecule has 0 aliphatic carbocycles. The van der Waals surface area contributed by atoms with Crippen molar-refractivity contribution in [2.45, 2.75) is 13.3 Å². The van der Waals surface area contributed by atoms with E-state index in [0.29, 0.717) is 29.4 Å². The zero-order valence-corrected chi connectivity index (χ0v) is 15.6. The molecule has 7 heteroatoms. The van der Waals surface area contributed by atoms with Crippen molar-refractivity contribution in [2.75, 3.05) is 5.32 Å². The number of carbonyl (C=O) groups excluding carboxylic acids is 1. The number of carbonyl (C=O) groups is 1. The second-order valence-electron chi connectivity index (χ2n) is 6.51. The van der Waals surface area contributed by atoms with Crippen molar-refractivity contribution >= 4 is 11.6 Å². The molecular weight excluding hydrogens is 371 g/mol. The largest absolute Gasteiger partial charge is 0.339 e. The number of aryl methyl sites for hydroxylation is 1. The van der Waals surface area contributed by atoms with Crippen molar-refractivity contribution in [3.63, 3.8) is 0 Å². The normalized spacial score (nSPS) is 10.7. The summed E-state index contributed by atoms with van der Waals surface area (Å²) in [5.74, 6) is 0.0503. The van der Waals surface area contributed by atoms with Crippen LogP contribution < -0.4 is 5.32 Å². The van der Waals surface area contributed by atoms with E-state index in [0.717, 1.165) is 11.1 Å². The van der Waals surface area contributed by atoms with Crippen LogP contribution in [0.4, 0.5) is 10.1 Å². The average molecular weight is 388 g/mol. The van der Waals surface area contributed by atoms with E-state index in [9.17, 15) is 9.18 Å². The molecule has 0 radical (unpaired) electrons. The van der Waals surface area contributed by atoms with E-state index < -0.39 is 11.7 Å². The molecule has 144 valence electrons. The topological polar surface area (TPSA) is 80.9 Å². The number of amides is 1. The minimum atomic E-state index is -0.417. The number of nitrogens with zero attached hydrogens (tertiary/aromatic N) is 3. The third-order valence-electron chi connectivity index (χ3n) is 4.43. The lowest BCUT2D eigenvalue weighted by molar-refractivity contribution is 0.102. The number of hydrogen-bond acceptors (Lipinski definition) is 5. The SMILES string of the molecule is Cc1ccc(C(=O)Nc2ccccc2Cc2nc(-c3cccnc3)no2)cc1F. The maximum atomic E-state index is 13.8. The van der Waals surface area contributed by atoms with Crippen LogP contribution in [0.2, 0.25) is 0 Å². The predicted octanol–water partition coefficient (Wildman–Crippen LogP) is 4.42. The van der Waals surface area contributed by atoms with E-state index in [1.54, 1.807) is 43.6 Å². The Kier molecular flexibility index (Phi) is 5.11. The molecule has 0 saturated carbocycles. The number of hydrogen-bond donors (Lipinski definition) is 1. The fourth-order valence-corrected chi connectivity index (χ4v) is 2.83. The average Bonchev–Trinajstić information content (AvgIpc) is 3.21. The molecule has 4 aromatic rings. The first-order valence-corrected chi connectivity index (χ1v) is 8.98. The maximum absolute atomic E-state index is 13.8. The van der Waals surface area contributed by atoms with Gasteiger partial charge in [-0.25, -0.2) is 4.39 Å². The van der Waals surface area contributed by atoms with Crippen LogP contribution in [0.3, 0.4) is 0 Å². The van der Waals surface area contributed by atoms with E-state index in [1.165, 1.54) is 6.07 Å². The van der Waals surface area contributed by atoms with Crippen molar-refractivity contribution in [1.82, 2.24) is 15.1 Å². The molecule has 1 amide bonds. The second-order valence-corrected chi connectivity index (χ2v) is 6.51. The predicted molar refractivity (Wildman–Crippen MR) is 106 cm³/mol. The van der Waals surface area contributed by atoms with Gasteiger partial charge >= 0.3 is 0 Å². The molecule has 0 atom stereocenters. The van der Waals surface area contributed by atoms with Crippen LogP contribution in [0.25, 0.3) is 11.4 Å². The van der Waals surface area contributed by atoms with Gasteiger partial charge in [-0.2, -0.15) is 4.98 Å². The summed E-state index contributed by atoms with van der Waals surface area (Å²) in [6.07, 6.45) is 3.67. The number of halogens is 1. The molecule has 0 unspecified atom stereocenters. The molecule has 0 saturated heterocycles. The number of benzene rings is 2. The first-order valence-electron chi connectivity index (χ1n) is 8.98. The smallest absolute Gasteiger partial charge is 0.255 e. The van der Waals surface area contributed by atoms with Crippen LogP contribution >= 0.6 is 0 Å². The molecule has 4 rings (SSSR count). The lowest BCUT2D eigenvalue weighted by atomic mass is 10.1. The fraction of sp³-hybridized carbons (Fsp3) is 0.0909. The summed E-state index contributed by atoms with van der Waals surface area (Å²) in [6.45, 7) is 1.65. The number of pyridine rings is 1. The molecule has 0 aliphatic rings. The standard InChI is InChI=1S/C22H17FN4O2/c1-14-8-9-16(11-18(14)23)22(28)25-19-7-3-2-5-15(19)12-20-26-21(27-29-20)17-6-4-10-24-13-17/h2-11,13H,12H2,1H3,(H,25,28). The van der Waals surface area contributed by atoms with Gasteiger partial charge in [0, 0.05) is 29.2 Å². The van der Waals surface area contributed by atoms with Gasteiger partial charge in [0.2, 0.25) is 11.7 Å². The van der Waals surface area contributed by atoms with E-state index in [2.05, 4.69) is 20.4 Å². The Morgan fingerprint density at radius 2 is 2.00 bits per heavy atom. The van der Waals surface area contributed by atoms with Crippen molar-refractivity contribution in [2.24, 2.45) is 0 Å². The Labute approximate surface area is 166 Å². The summed E-state index contributed by atoms with van der Waals surface area (Å²) < 4.78 is 19.1. The summed E-state index contributed by atoms with van der Waals surface area (Å²) >= 11 is 0. The lowest BCUT2D eigenvalue weighted by Gasteiger charge is -2.10. The molecule has 2 heterocycles. The Balaban J connectivity index is 1.53. The Morgan fingerprint density at radius 3 is 2.79 bits per heavy atom. The van der Waals surface area contributed by atoms with Gasteiger partial charge in [0.05, 0.1) is 6.42 Å². The van der Waals surface area contributed by atoms with Gasteiger partial charge in [-0.05, 0) is 48.4 Å². The van der Waals surface area contributed by atoms with Crippen molar-refractivity contribution in [3.8, 4) is 11.4 Å². The third kappa shape index (κ3) is 4.19. The van der Waals surface area contributed by atoms with Gasteiger partial charge in [-0.1, -0.05) is 29.4 Å². The summed E-state index contributed by atoms with van der Waals surface area (Å²) in [6, 6.07) is 15.3. The number of nitrogens with one attached hydrogen (secondary N) is 1. The highest BCUT2D eigenvalue weighted by Crippen LogP contribution is 2.21. The summed E-state index contributed by atoms with van der Waals surface area (Å²) in [5.41, 5.74) is 2.89. The van der Waals surface area contributed by atoms with Crippen LogP contribution in [0, 0.1) is 12.7 Å². The summed E-state index contributed by atoms with van der Waals surface area (Å²) in [5, 5.41) is 6.81. The molecule has 0 fully saturated rings. The highest BCUT2D eigenvalue weighted by atomic mass is 19.1. The summed E-state index contributed by atoms with van der Waals surface area (Å²) in [7, 11) is 0. The highest BCUT2D eigenvalue weighted by Gasteiger charge is 2.14. The van der Waals surface area contributed by atoms with Crippen molar-refractivity contribution < 1.29 is 13.7 Å². The Morgan fingerprint density at radius 1 is 1.14 bits per heavy atom. The molecule has 6 nitrogen and oxygen atoms in total. The zero-order valence-electron chi connectivity index (χ0n) is 15.6. The molecule has 29 heavy (non-hydrogen) atoms. The minimum absolute atomic E-state index is 0.250. The fourth-order valence-electron chi connectivity index (χ4n) is 2.83. The van der Waals surface area contributed by atoms with E-state index in [1.807, 2.05) is 24.3 Å². The Hall–Kier alpha value is -3.87. The van der Waals surface area contributed by atoms with Crippen LogP contribution in [-0.2, 0) is 6.42 Å². The molecule has 2 aromatic heterocycles. The van der Waals surface area contributed by atoms with E-state index in [4.69, 9.17) is 4.52 Å². The number of rotatable bonds is 5. The first-order chi connectivity index (χ1) is 14.1. The first kappa shape index (κ1) is 18.5. The second kappa shape index (κ2) is 8.02. The number of aromatic nitrogens is 3. The van der Waals surface area contributed by atoms with Crippen LogP contribution in [0.1, 0.15) is 27.4 Å². The molecule has 0 spiro atoms. The molecule has 2 aromatic carbocycles. The quantitative estimate of drug-likeness (QED) is 0.547. The highest BCUT2D eigenvalue weighted by molar-refractivity contribution is 6.04. The maximum Gasteiger partial charge on any atom is 0.255 e. The van der Waals surface area contributed by atoms with Crippen molar-refractivity contribution in [1.29, 1.82) is 0 Å². The third-order valence-corrected chi connectivity index (χ3v) is 4.43. The molecular formula is C22H17FN4O2. The van der Waals surface area contributed by atoms with Crippen molar-refractivity contribution in [3.05, 3.63) is 95.4 Å². The van der Waals surface area contributed by atoms with Gasteiger partial charge in [-0.15, -0.1) is 0 Å². The van der Waals surface area contributed by atoms with Crippen LogP contribution in [0.15, 0.2) is 71.5 Å². The van der Waals surface area contributed by atoms with Gasteiger partial charge in [0.1, 0.15) is 5.82 Å². The van der Waals surface area contributed by atoms with Gasteiger partial charge in [0.15, 0.2) is 0 Å². The molecule has 0 aliphatic heterocycles. The molecule has 0 bridgehead atoms. The van der Waals surface area contributed by atoms with E-state index in [-0.39, 0.29) is 5.56 Å². The minimum Gasteiger partial charge on any atom is -0.339 e. The molecule has 1 N–H and O–H groups in total. The number of para-hydroxylation sites is 1. The van der Waals surface area contributed by atoms with Gasteiger partial charge in [-0.3, -0.25) is 9.78 Å². The zero-order chi connectivity index (χ0) is 20.2. The van der Waals surface area contributed by atoms with Crippen LogP contribution in [-0.4, -0.2) is 21.0 Å². The van der Waals surface area contributed by atoms with Gasteiger partial charge in [0.25, 0.3) is 5.91 Å². The lowest BCUT2D eigenvalue weighted by Crippen LogP contribution is -2.14. The van der Waals surface area contributed by atoms with Gasteiger partial charge < -0.3 is 9.84 Å². The summed E-state index contributed by atoms with van der Waals surface area (Å²) in [4.78, 5) is 21.0. The number of anilines is 1. The van der Waals surface area contributed by atoms with E-state index >= 15 is 0 Å². The monoisotopic (exact) mass is 388 g/mol.